The molecule has 2 N–H and O–H groups in total. The standard InChI is InChI=1S/C28H27F3N4O3/c1-17-4-3-5-18(2)24(17)34-26(37)27(38)35-14-11-20(12-15-35)19-6-8-22(9-7-19)33-25(36)23-16-21(10-13-32-23)28(29,30)31/h3-10,13,16,20H,11-12,14-15H2,1-2H3,(H,33,36)(H,34,37). The molecule has 0 radical (unpaired) electrons. The van der Waals surface area contributed by atoms with Crippen molar-refractivity contribution in [3.8, 4) is 0 Å². The van der Waals surface area contributed by atoms with Crippen LogP contribution in [0, 0.1) is 13.8 Å². The van der Waals surface area contributed by atoms with Crippen LogP contribution in [0.25, 0.3) is 0 Å². The van der Waals surface area contributed by atoms with Gasteiger partial charge in [0.1, 0.15) is 5.69 Å². The van der Waals surface area contributed by atoms with Crippen molar-refractivity contribution in [3.63, 3.8) is 0 Å². The Morgan fingerprint density at radius 3 is 2.16 bits per heavy atom. The number of aromatic nitrogens is 1. The van der Waals surface area contributed by atoms with Crippen LogP contribution in [-0.4, -0.2) is 40.7 Å². The first-order valence-electron chi connectivity index (χ1n) is 12.1. The van der Waals surface area contributed by atoms with Gasteiger partial charge in [0.2, 0.25) is 0 Å². The molecule has 10 heteroatoms. The number of piperidine rings is 1. The molecule has 1 aliphatic heterocycles. The molecule has 1 aromatic heterocycles. The number of carbonyl (C=O) groups excluding carboxylic acids is 3. The van der Waals surface area contributed by atoms with Crippen molar-refractivity contribution >= 4 is 29.1 Å². The number of hydrogen-bond donors (Lipinski definition) is 2. The number of alkyl halides is 3. The molecule has 2 aromatic carbocycles. The second kappa shape index (κ2) is 11.0. The molecular weight excluding hydrogens is 497 g/mol. The van der Waals surface area contributed by atoms with E-state index in [4.69, 9.17) is 0 Å². The smallest absolute Gasteiger partial charge is 0.334 e. The number of rotatable bonds is 4. The van der Waals surface area contributed by atoms with Gasteiger partial charge in [-0.05, 0) is 73.6 Å². The Kier molecular flexibility index (Phi) is 7.80. The number of halogens is 3. The predicted molar refractivity (Wildman–Crippen MR) is 137 cm³/mol. The first kappa shape index (κ1) is 26.8. The van der Waals surface area contributed by atoms with Gasteiger partial charge in [0, 0.05) is 30.7 Å². The Morgan fingerprint density at radius 2 is 1.55 bits per heavy atom. The Balaban J connectivity index is 1.31. The zero-order chi connectivity index (χ0) is 27.4. The number of benzene rings is 2. The normalized spacial score (nSPS) is 14.2. The first-order valence-corrected chi connectivity index (χ1v) is 12.1. The van der Waals surface area contributed by atoms with Crippen LogP contribution in [0.15, 0.2) is 60.8 Å². The molecule has 4 rings (SSSR count). The number of hydrogen-bond acceptors (Lipinski definition) is 4. The molecule has 0 bridgehead atoms. The summed E-state index contributed by atoms with van der Waals surface area (Å²) in [6.45, 7) is 4.61. The van der Waals surface area contributed by atoms with Crippen molar-refractivity contribution in [3.05, 3.63) is 88.7 Å². The molecular formula is C28H27F3N4O3. The van der Waals surface area contributed by atoms with Crippen molar-refractivity contribution in [2.24, 2.45) is 0 Å². The number of likely N-dealkylation sites (tertiary alicyclic amines) is 1. The van der Waals surface area contributed by atoms with Crippen LogP contribution in [0.1, 0.15) is 51.5 Å². The number of nitrogens with one attached hydrogen (secondary N) is 2. The summed E-state index contributed by atoms with van der Waals surface area (Å²) in [5.41, 5.74) is 2.58. The van der Waals surface area contributed by atoms with Crippen molar-refractivity contribution in [1.29, 1.82) is 0 Å². The Morgan fingerprint density at radius 1 is 0.921 bits per heavy atom. The molecule has 0 aliphatic carbocycles. The van der Waals surface area contributed by atoms with E-state index in [0.29, 0.717) is 43.4 Å². The monoisotopic (exact) mass is 524 g/mol. The highest BCUT2D eigenvalue weighted by Crippen LogP contribution is 2.30. The van der Waals surface area contributed by atoms with Crippen LogP contribution < -0.4 is 10.6 Å². The summed E-state index contributed by atoms with van der Waals surface area (Å²) in [5.74, 6) is -1.80. The number of nitrogens with zero attached hydrogens (tertiary/aromatic N) is 2. The summed E-state index contributed by atoms with van der Waals surface area (Å²) in [4.78, 5) is 42.9. The van der Waals surface area contributed by atoms with Crippen LogP contribution in [0.4, 0.5) is 24.5 Å². The van der Waals surface area contributed by atoms with Gasteiger partial charge in [-0.25, -0.2) is 0 Å². The van der Waals surface area contributed by atoms with Gasteiger partial charge in [-0.2, -0.15) is 13.2 Å². The van der Waals surface area contributed by atoms with Gasteiger partial charge >= 0.3 is 18.0 Å². The molecule has 0 spiro atoms. The topological polar surface area (TPSA) is 91.4 Å². The summed E-state index contributed by atoms with van der Waals surface area (Å²) >= 11 is 0. The van der Waals surface area contributed by atoms with E-state index in [2.05, 4.69) is 15.6 Å². The minimum absolute atomic E-state index is 0.163. The van der Waals surface area contributed by atoms with E-state index >= 15 is 0 Å². The molecule has 0 unspecified atom stereocenters. The van der Waals surface area contributed by atoms with Gasteiger partial charge in [-0.1, -0.05) is 30.3 Å². The summed E-state index contributed by atoms with van der Waals surface area (Å²) in [6.07, 6.45) is -2.28. The van der Waals surface area contributed by atoms with Crippen molar-refractivity contribution < 1.29 is 27.6 Å². The summed E-state index contributed by atoms with van der Waals surface area (Å²) in [7, 11) is 0. The zero-order valence-electron chi connectivity index (χ0n) is 20.9. The van der Waals surface area contributed by atoms with Crippen molar-refractivity contribution in [2.75, 3.05) is 23.7 Å². The fraction of sp³-hybridized carbons (Fsp3) is 0.286. The fourth-order valence-corrected chi connectivity index (χ4v) is 4.50. The Labute approximate surface area is 218 Å². The average molecular weight is 525 g/mol. The zero-order valence-corrected chi connectivity index (χ0v) is 20.9. The maximum Gasteiger partial charge on any atom is 0.416 e. The van der Waals surface area contributed by atoms with Crippen LogP contribution in [0.3, 0.4) is 0 Å². The van der Waals surface area contributed by atoms with Crippen molar-refractivity contribution in [1.82, 2.24) is 9.88 Å². The second-order valence-electron chi connectivity index (χ2n) is 9.29. The third kappa shape index (κ3) is 6.19. The maximum absolute atomic E-state index is 12.9. The van der Waals surface area contributed by atoms with Gasteiger partial charge in [0.15, 0.2) is 0 Å². The minimum atomic E-state index is -4.57. The molecule has 198 valence electrons. The number of anilines is 2. The second-order valence-corrected chi connectivity index (χ2v) is 9.29. The van der Waals surface area contributed by atoms with Gasteiger partial charge in [-0.15, -0.1) is 0 Å². The number of amides is 3. The third-order valence-corrected chi connectivity index (χ3v) is 6.66. The van der Waals surface area contributed by atoms with Gasteiger partial charge in [0.05, 0.1) is 5.56 Å². The number of aryl methyl sites for hydroxylation is 2. The molecule has 1 saturated heterocycles. The van der Waals surface area contributed by atoms with E-state index in [9.17, 15) is 27.6 Å². The maximum atomic E-state index is 12.9. The molecule has 3 amide bonds. The van der Waals surface area contributed by atoms with Crippen LogP contribution in [-0.2, 0) is 15.8 Å². The lowest BCUT2D eigenvalue weighted by molar-refractivity contribution is -0.143. The van der Waals surface area contributed by atoms with E-state index in [1.807, 2.05) is 44.2 Å². The lowest BCUT2D eigenvalue weighted by Gasteiger charge is -2.32. The van der Waals surface area contributed by atoms with E-state index in [-0.39, 0.29) is 11.6 Å². The van der Waals surface area contributed by atoms with Crippen LogP contribution >= 0.6 is 0 Å². The molecule has 2 heterocycles. The largest absolute Gasteiger partial charge is 0.416 e. The highest BCUT2D eigenvalue weighted by Gasteiger charge is 2.31. The lowest BCUT2D eigenvalue weighted by Crippen LogP contribution is -2.44. The molecule has 0 atom stereocenters. The summed E-state index contributed by atoms with van der Waals surface area (Å²) in [5, 5.41) is 5.30. The highest BCUT2D eigenvalue weighted by atomic mass is 19.4. The minimum Gasteiger partial charge on any atom is -0.334 e. The highest BCUT2D eigenvalue weighted by molar-refractivity contribution is 6.39. The Hall–Kier alpha value is -4.21. The molecule has 0 saturated carbocycles. The van der Waals surface area contributed by atoms with Gasteiger partial charge in [-0.3, -0.25) is 19.4 Å². The molecule has 1 aliphatic rings. The SMILES string of the molecule is Cc1cccc(C)c1NC(=O)C(=O)N1CCC(c2ccc(NC(=O)c3cc(C(F)(F)F)ccn3)cc2)CC1. The van der Waals surface area contributed by atoms with E-state index < -0.39 is 29.5 Å². The quantitative estimate of drug-likeness (QED) is 0.453. The van der Waals surface area contributed by atoms with Crippen LogP contribution in [0.2, 0.25) is 0 Å². The lowest BCUT2D eigenvalue weighted by atomic mass is 9.89. The number of para-hydroxylation sites is 1. The first-order chi connectivity index (χ1) is 18.0. The Bertz CT molecular complexity index is 1330. The van der Waals surface area contributed by atoms with Crippen molar-refractivity contribution in [2.45, 2.75) is 38.8 Å². The third-order valence-electron chi connectivity index (χ3n) is 6.66. The van der Waals surface area contributed by atoms with E-state index in [1.54, 1.807) is 17.0 Å². The fourth-order valence-electron chi connectivity index (χ4n) is 4.50. The molecule has 7 nitrogen and oxygen atoms in total. The average Bonchev–Trinajstić information content (AvgIpc) is 2.90. The van der Waals surface area contributed by atoms with E-state index in [1.165, 1.54) is 0 Å². The molecule has 38 heavy (non-hydrogen) atoms. The summed E-state index contributed by atoms with van der Waals surface area (Å²) in [6, 6.07) is 14.2. The predicted octanol–water partition coefficient (Wildman–Crippen LogP) is 5.31. The van der Waals surface area contributed by atoms with Crippen LogP contribution in [0.5, 0.6) is 0 Å². The molecule has 1 fully saturated rings. The number of carbonyl (C=O) groups is 3. The van der Waals surface area contributed by atoms with Gasteiger partial charge in [0.25, 0.3) is 5.91 Å². The van der Waals surface area contributed by atoms with Gasteiger partial charge < -0.3 is 15.5 Å². The summed E-state index contributed by atoms with van der Waals surface area (Å²) < 4.78 is 38.7. The molecule has 3 aromatic rings. The van der Waals surface area contributed by atoms with E-state index in [0.717, 1.165) is 29.0 Å². The number of pyridine rings is 1.